The Bertz CT molecular complexity index is 493. The molecule has 0 saturated heterocycles. The molecule has 0 saturated carbocycles. The molecule has 82 valence electrons. The van der Waals surface area contributed by atoms with E-state index < -0.39 is 0 Å². The van der Waals surface area contributed by atoms with Crippen LogP contribution < -0.4 is 5.32 Å². The molecule has 0 radical (unpaired) electrons. The number of halogens is 2. The average Bonchev–Trinajstić information content (AvgIpc) is 2.68. The zero-order chi connectivity index (χ0) is 11.5. The highest BCUT2D eigenvalue weighted by molar-refractivity contribution is 9.10. The van der Waals surface area contributed by atoms with Crippen LogP contribution in [-0.2, 0) is 0 Å². The summed E-state index contributed by atoms with van der Waals surface area (Å²) in [5, 5.41) is 9.53. The number of hydrogen-bond donors (Lipinski definition) is 2. The summed E-state index contributed by atoms with van der Waals surface area (Å²) in [6.45, 7) is 0. The lowest BCUT2D eigenvalue weighted by Crippen LogP contribution is -2.12. The van der Waals surface area contributed by atoms with Gasteiger partial charge in [-0.15, -0.1) is 0 Å². The summed E-state index contributed by atoms with van der Waals surface area (Å²) in [7, 11) is 0. The minimum Gasteiger partial charge on any atom is -0.307 e. The molecule has 2 rings (SSSR count). The molecule has 0 bridgehead atoms. The summed E-state index contributed by atoms with van der Waals surface area (Å²) in [5.41, 5.74) is 0.481. The van der Waals surface area contributed by atoms with E-state index in [1.165, 1.54) is 0 Å². The molecule has 2 aromatic rings. The summed E-state index contributed by atoms with van der Waals surface area (Å²) in [4.78, 5) is 11.8. The SMILES string of the molecule is O=C(Nc1ccn[nH]1)c1cc(Cl)cc(Br)c1. The lowest BCUT2D eigenvalue weighted by atomic mass is 10.2. The Morgan fingerprint density at radius 2 is 2.25 bits per heavy atom. The van der Waals surface area contributed by atoms with Crippen LogP contribution in [0.1, 0.15) is 10.4 Å². The molecule has 2 N–H and O–H groups in total. The van der Waals surface area contributed by atoms with E-state index in [0.717, 1.165) is 4.47 Å². The third-order valence-electron chi connectivity index (χ3n) is 1.87. The zero-order valence-corrected chi connectivity index (χ0v) is 10.3. The fourth-order valence-electron chi connectivity index (χ4n) is 1.20. The third-order valence-corrected chi connectivity index (χ3v) is 2.55. The number of carbonyl (C=O) groups excluding carboxylic acids is 1. The molecule has 16 heavy (non-hydrogen) atoms. The lowest BCUT2D eigenvalue weighted by Gasteiger charge is -2.03. The van der Waals surface area contributed by atoms with Crippen molar-refractivity contribution in [2.75, 3.05) is 5.32 Å². The number of aromatic nitrogens is 2. The van der Waals surface area contributed by atoms with Crippen LogP contribution in [0, 0.1) is 0 Å². The molecule has 0 aliphatic rings. The van der Waals surface area contributed by atoms with Gasteiger partial charge >= 0.3 is 0 Å². The van der Waals surface area contributed by atoms with Crippen LogP contribution in [0.2, 0.25) is 5.02 Å². The number of nitrogens with zero attached hydrogens (tertiary/aromatic N) is 1. The molecule has 1 aromatic heterocycles. The van der Waals surface area contributed by atoms with Gasteiger partial charge in [-0.05, 0) is 18.2 Å². The molecule has 6 heteroatoms. The van der Waals surface area contributed by atoms with Gasteiger partial charge in [0.15, 0.2) is 0 Å². The average molecular weight is 301 g/mol. The molecule has 0 aliphatic carbocycles. The number of aromatic amines is 1. The second-order valence-electron chi connectivity index (χ2n) is 3.08. The molecule has 1 amide bonds. The highest BCUT2D eigenvalue weighted by Crippen LogP contribution is 2.20. The number of nitrogens with one attached hydrogen (secondary N) is 2. The van der Waals surface area contributed by atoms with Crippen molar-refractivity contribution in [1.29, 1.82) is 0 Å². The highest BCUT2D eigenvalue weighted by atomic mass is 79.9. The Balaban J connectivity index is 2.21. The maximum absolute atomic E-state index is 11.8. The number of benzene rings is 1. The highest BCUT2D eigenvalue weighted by Gasteiger charge is 2.08. The normalized spacial score (nSPS) is 10.1. The van der Waals surface area contributed by atoms with Gasteiger partial charge in [-0.1, -0.05) is 27.5 Å². The van der Waals surface area contributed by atoms with Crippen molar-refractivity contribution < 1.29 is 4.79 Å². The van der Waals surface area contributed by atoms with E-state index in [1.54, 1.807) is 30.5 Å². The van der Waals surface area contributed by atoms with Crippen molar-refractivity contribution >= 4 is 39.3 Å². The first kappa shape index (κ1) is 11.2. The summed E-state index contributed by atoms with van der Waals surface area (Å²) in [5.74, 6) is 0.300. The van der Waals surface area contributed by atoms with Gasteiger partial charge in [-0.25, -0.2) is 0 Å². The Morgan fingerprint density at radius 3 is 2.88 bits per heavy atom. The van der Waals surface area contributed by atoms with Crippen molar-refractivity contribution in [3.05, 3.63) is 45.5 Å². The summed E-state index contributed by atoms with van der Waals surface area (Å²) < 4.78 is 0.759. The fraction of sp³-hybridized carbons (Fsp3) is 0. The Labute approximate surface area is 105 Å². The van der Waals surface area contributed by atoms with Gasteiger partial charge < -0.3 is 5.32 Å². The minimum atomic E-state index is -0.243. The first-order valence-corrected chi connectivity index (χ1v) is 5.59. The maximum atomic E-state index is 11.8. The van der Waals surface area contributed by atoms with E-state index in [-0.39, 0.29) is 5.91 Å². The van der Waals surface area contributed by atoms with Crippen molar-refractivity contribution in [1.82, 2.24) is 10.2 Å². The predicted molar refractivity (Wildman–Crippen MR) is 65.7 cm³/mol. The first-order valence-electron chi connectivity index (χ1n) is 4.42. The number of anilines is 1. The molecule has 1 heterocycles. The number of H-pyrrole nitrogens is 1. The molecule has 0 atom stereocenters. The largest absolute Gasteiger partial charge is 0.307 e. The smallest absolute Gasteiger partial charge is 0.256 e. The summed E-state index contributed by atoms with van der Waals surface area (Å²) in [6.07, 6.45) is 1.56. The van der Waals surface area contributed by atoms with E-state index >= 15 is 0 Å². The van der Waals surface area contributed by atoms with Crippen molar-refractivity contribution in [2.24, 2.45) is 0 Å². The number of hydrogen-bond acceptors (Lipinski definition) is 2. The van der Waals surface area contributed by atoms with Crippen molar-refractivity contribution in [3.63, 3.8) is 0 Å². The monoisotopic (exact) mass is 299 g/mol. The van der Waals surface area contributed by atoms with Crippen LogP contribution >= 0.6 is 27.5 Å². The quantitative estimate of drug-likeness (QED) is 0.895. The van der Waals surface area contributed by atoms with Crippen LogP contribution in [-0.4, -0.2) is 16.1 Å². The van der Waals surface area contributed by atoms with Crippen molar-refractivity contribution in [3.8, 4) is 0 Å². The van der Waals surface area contributed by atoms with E-state index in [0.29, 0.717) is 16.4 Å². The number of amides is 1. The van der Waals surface area contributed by atoms with E-state index in [4.69, 9.17) is 11.6 Å². The van der Waals surface area contributed by atoms with E-state index in [2.05, 4.69) is 31.4 Å². The fourth-order valence-corrected chi connectivity index (χ4v) is 2.07. The topological polar surface area (TPSA) is 57.8 Å². The Hall–Kier alpha value is -1.33. The van der Waals surface area contributed by atoms with Crippen molar-refractivity contribution in [2.45, 2.75) is 0 Å². The third kappa shape index (κ3) is 2.62. The molecule has 0 fully saturated rings. The molecule has 0 unspecified atom stereocenters. The van der Waals surface area contributed by atoms with Crippen LogP contribution in [0.25, 0.3) is 0 Å². The van der Waals surface area contributed by atoms with E-state index in [1.807, 2.05) is 0 Å². The Morgan fingerprint density at radius 1 is 1.44 bits per heavy atom. The number of carbonyl (C=O) groups is 1. The second kappa shape index (κ2) is 4.67. The van der Waals surface area contributed by atoms with Gasteiger partial charge in [0.05, 0.1) is 6.20 Å². The number of rotatable bonds is 2. The Kier molecular flexibility index (Phi) is 3.26. The van der Waals surface area contributed by atoms with Crippen LogP contribution in [0.3, 0.4) is 0 Å². The molecule has 0 spiro atoms. The maximum Gasteiger partial charge on any atom is 0.256 e. The minimum absolute atomic E-state index is 0.243. The summed E-state index contributed by atoms with van der Waals surface area (Å²) >= 11 is 9.12. The van der Waals surface area contributed by atoms with Crippen LogP contribution in [0.5, 0.6) is 0 Å². The van der Waals surface area contributed by atoms with Gasteiger partial charge in [0.2, 0.25) is 0 Å². The molecule has 0 aliphatic heterocycles. The first-order chi connectivity index (χ1) is 7.65. The van der Waals surface area contributed by atoms with E-state index in [9.17, 15) is 4.79 Å². The van der Waals surface area contributed by atoms with Gasteiger partial charge in [-0.3, -0.25) is 9.89 Å². The molecular weight excluding hydrogens is 293 g/mol. The lowest BCUT2D eigenvalue weighted by molar-refractivity contribution is 0.102. The van der Waals surface area contributed by atoms with Gasteiger partial charge in [0.1, 0.15) is 5.82 Å². The second-order valence-corrected chi connectivity index (χ2v) is 4.43. The van der Waals surface area contributed by atoms with Gasteiger partial charge in [-0.2, -0.15) is 5.10 Å². The van der Waals surface area contributed by atoms with Crippen LogP contribution in [0.15, 0.2) is 34.9 Å². The zero-order valence-electron chi connectivity index (χ0n) is 8.00. The standard InChI is InChI=1S/C10H7BrClN3O/c11-7-3-6(4-8(12)5-7)10(16)14-9-1-2-13-15-9/h1-5H,(H2,13,14,15,16). The van der Waals surface area contributed by atoms with Crippen LogP contribution in [0.4, 0.5) is 5.82 Å². The summed E-state index contributed by atoms with van der Waals surface area (Å²) in [6, 6.07) is 6.67. The molecular formula is C10H7BrClN3O. The molecule has 1 aromatic carbocycles. The molecule has 4 nitrogen and oxygen atoms in total. The predicted octanol–water partition coefficient (Wildman–Crippen LogP) is 3.08. The van der Waals surface area contributed by atoms with Gasteiger partial charge in [0, 0.05) is 21.1 Å². The van der Waals surface area contributed by atoms with Gasteiger partial charge in [0.25, 0.3) is 5.91 Å².